The summed E-state index contributed by atoms with van der Waals surface area (Å²) in [5, 5.41) is 3.21. The van der Waals surface area contributed by atoms with Crippen molar-refractivity contribution in [2.24, 2.45) is 0 Å². The van der Waals surface area contributed by atoms with Gasteiger partial charge < -0.3 is 10.1 Å². The zero-order chi connectivity index (χ0) is 19.5. The highest BCUT2D eigenvalue weighted by atomic mass is 35.5. The van der Waals surface area contributed by atoms with E-state index in [1.54, 1.807) is 6.07 Å². The van der Waals surface area contributed by atoms with Gasteiger partial charge in [-0.25, -0.2) is 13.2 Å². The summed E-state index contributed by atoms with van der Waals surface area (Å²) in [5.41, 5.74) is 0.461. The molecule has 0 bridgehead atoms. The van der Waals surface area contributed by atoms with E-state index in [1.807, 2.05) is 0 Å². The summed E-state index contributed by atoms with van der Waals surface area (Å²) in [5.74, 6) is -1.33. The van der Waals surface area contributed by atoms with Crippen LogP contribution in [0.5, 0.6) is 0 Å². The van der Waals surface area contributed by atoms with Gasteiger partial charge in [0.05, 0.1) is 21.2 Å². The largest absolute Gasteiger partial charge is 0.449 e. The van der Waals surface area contributed by atoms with Gasteiger partial charge in [-0.15, -0.1) is 0 Å². The zero-order valence-electron chi connectivity index (χ0n) is 13.8. The Bertz CT molecular complexity index is 942. The second-order valence-corrected chi connectivity index (χ2v) is 8.32. The Morgan fingerprint density at radius 1 is 1.08 bits per heavy atom. The number of rotatable bonds is 5. The molecule has 0 fully saturated rings. The van der Waals surface area contributed by atoms with Gasteiger partial charge in [-0.2, -0.15) is 0 Å². The number of hydrogen-bond acceptors (Lipinski definition) is 5. The Kier molecular flexibility index (Phi) is 6.28. The second-order valence-electron chi connectivity index (χ2n) is 5.46. The lowest BCUT2D eigenvalue weighted by atomic mass is 10.2. The molecule has 0 radical (unpaired) electrons. The first-order valence-electron chi connectivity index (χ1n) is 7.35. The van der Waals surface area contributed by atoms with Crippen molar-refractivity contribution < 1.29 is 22.7 Å². The van der Waals surface area contributed by atoms with Crippen LogP contribution in [0.2, 0.25) is 10.0 Å². The molecule has 138 valence electrons. The van der Waals surface area contributed by atoms with Crippen molar-refractivity contribution in [3.63, 3.8) is 0 Å². The zero-order valence-corrected chi connectivity index (χ0v) is 16.2. The highest BCUT2D eigenvalue weighted by molar-refractivity contribution is 7.90. The Hall–Kier alpha value is -2.09. The third-order valence-corrected chi connectivity index (χ3v) is 5.04. The van der Waals surface area contributed by atoms with Crippen LogP contribution in [0.1, 0.15) is 17.3 Å². The molecule has 1 atom stereocenters. The Morgan fingerprint density at radius 2 is 1.69 bits per heavy atom. The summed E-state index contributed by atoms with van der Waals surface area (Å²) >= 11 is 11.8. The van der Waals surface area contributed by atoms with E-state index in [1.165, 1.54) is 43.3 Å². The molecule has 1 amide bonds. The molecule has 0 aromatic heterocycles. The van der Waals surface area contributed by atoms with E-state index in [0.717, 1.165) is 6.26 Å². The van der Waals surface area contributed by atoms with Crippen molar-refractivity contribution in [2.75, 3.05) is 11.6 Å². The maximum absolute atomic E-state index is 12.1. The Balaban J connectivity index is 2.02. The SMILES string of the molecule is C[C@@H](OC(=O)c1ccc(S(C)(=O)=O)cc1)C(=O)Nc1ccc(Cl)cc1Cl. The lowest BCUT2D eigenvalue weighted by molar-refractivity contribution is -0.123. The monoisotopic (exact) mass is 415 g/mol. The highest BCUT2D eigenvalue weighted by Crippen LogP contribution is 2.25. The fourth-order valence-corrected chi connectivity index (χ4v) is 3.03. The molecular formula is C17H15Cl2NO5S. The lowest BCUT2D eigenvalue weighted by Crippen LogP contribution is -2.30. The van der Waals surface area contributed by atoms with Crippen LogP contribution in [0, 0.1) is 0 Å². The number of carbonyl (C=O) groups is 2. The van der Waals surface area contributed by atoms with E-state index in [4.69, 9.17) is 27.9 Å². The van der Waals surface area contributed by atoms with Gasteiger partial charge in [0.2, 0.25) is 0 Å². The van der Waals surface area contributed by atoms with Crippen LogP contribution >= 0.6 is 23.2 Å². The van der Waals surface area contributed by atoms with Crippen molar-refractivity contribution in [1.29, 1.82) is 0 Å². The first kappa shape index (κ1) is 20.2. The molecule has 6 nitrogen and oxygen atoms in total. The number of halogens is 2. The summed E-state index contributed by atoms with van der Waals surface area (Å²) in [7, 11) is -3.36. The lowest BCUT2D eigenvalue weighted by Gasteiger charge is -2.14. The van der Waals surface area contributed by atoms with Gasteiger partial charge in [-0.3, -0.25) is 4.79 Å². The first-order valence-corrected chi connectivity index (χ1v) is 9.99. The van der Waals surface area contributed by atoms with Crippen LogP contribution in [0.15, 0.2) is 47.4 Å². The van der Waals surface area contributed by atoms with Gasteiger partial charge in [-0.05, 0) is 49.4 Å². The minimum atomic E-state index is -3.36. The Labute approximate surface area is 161 Å². The summed E-state index contributed by atoms with van der Waals surface area (Å²) in [4.78, 5) is 24.3. The highest BCUT2D eigenvalue weighted by Gasteiger charge is 2.20. The average Bonchev–Trinajstić information content (AvgIpc) is 2.56. The molecule has 0 unspecified atom stereocenters. The second kappa shape index (κ2) is 8.07. The van der Waals surface area contributed by atoms with Crippen LogP contribution in [-0.2, 0) is 19.4 Å². The van der Waals surface area contributed by atoms with E-state index in [2.05, 4.69) is 5.32 Å². The maximum Gasteiger partial charge on any atom is 0.338 e. The smallest absolute Gasteiger partial charge is 0.338 e. The van der Waals surface area contributed by atoms with Crippen LogP contribution in [0.3, 0.4) is 0 Å². The molecule has 0 heterocycles. The molecule has 2 aromatic rings. The van der Waals surface area contributed by atoms with E-state index in [9.17, 15) is 18.0 Å². The standard InChI is InChI=1S/C17H15Cl2NO5S/c1-10(16(21)20-15-8-5-12(18)9-14(15)19)25-17(22)11-3-6-13(7-4-11)26(2,23)24/h3-10H,1-2H3,(H,20,21)/t10-/m1/s1. The molecule has 1 N–H and O–H groups in total. The van der Waals surface area contributed by atoms with E-state index >= 15 is 0 Å². The van der Waals surface area contributed by atoms with Crippen LogP contribution in [0.25, 0.3) is 0 Å². The fourth-order valence-electron chi connectivity index (χ4n) is 1.95. The molecule has 9 heteroatoms. The minimum Gasteiger partial charge on any atom is -0.449 e. The van der Waals surface area contributed by atoms with Gasteiger partial charge in [0, 0.05) is 11.3 Å². The van der Waals surface area contributed by atoms with E-state index in [0.29, 0.717) is 10.7 Å². The summed E-state index contributed by atoms with van der Waals surface area (Å²) in [6, 6.07) is 9.79. The fraction of sp³-hybridized carbons (Fsp3) is 0.176. The number of ether oxygens (including phenoxy) is 1. The molecule has 0 spiro atoms. The predicted molar refractivity (Wildman–Crippen MR) is 99.5 cm³/mol. The molecule has 2 rings (SSSR count). The van der Waals surface area contributed by atoms with E-state index in [-0.39, 0.29) is 15.5 Å². The number of sulfone groups is 1. The van der Waals surface area contributed by atoms with E-state index < -0.39 is 27.8 Å². The van der Waals surface area contributed by atoms with Crippen LogP contribution in [-0.4, -0.2) is 32.7 Å². The molecule has 0 aliphatic rings. The van der Waals surface area contributed by atoms with Gasteiger partial charge in [0.1, 0.15) is 0 Å². The number of carbonyl (C=O) groups excluding carboxylic acids is 2. The van der Waals surface area contributed by atoms with Gasteiger partial charge in [-0.1, -0.05) is 23.2 Å². The summed E-state index contributed by atoms with van der Waals surface area (Å²) in [6.45, 7) is 1.40. The van der Waals surface area contributed by atoms with Gasteiger partial charge in [0.15, 0.2) is 15.9 Å². The number of hydrogen-bond donors (Lipinski definition) is 1. The first-order chi connectivity index (χ1) is 12.1. The summed E-state index contributed by atoms with van der Waals surface area (Å²) in [6.07, 6.45) is -0.0296. The summed E-state index contributed by atoms with van der Waals surface area (Å²) < 4.78 is 27.9. The number of esters is 1. The van der Waals surface area contributed by atoms with Crippen LogP contribution in [0.4, 0.5) is 5.69 Å². The van der Waals surface area contributed by atoms with Gasteiger partial charge >= 0.3 is 5.97 Å². The predicted octanol–water partition coefficient (Wildman–Crippen LogP) is 3.58. The van der Waals surface area contributed by atoms with Crippen molar-refractivity contribution in [3.05, 3.63) is 58.1 Å². The molecule has 26 heavy (non-hydrogen) atoms. The van der Waals surface area contributed by atoms with Crippen molar-refractivity contribution in [1.82, 2.24) is 0 Å². The average molecular weight is 416 g/mol. The molecule has 0 saturated heterocycles. The molecule has 0 saturated carbocycles. The Morgan fingerprint density at radius 3 is 2.23 bits per heavy atom. The number of anilines is 1. The van der Waals surface area contributed by atoms with Crippen LogP contribution < -0.4 is 5.32 Å². The normalized spacial score (nSPS) is 12.3. The molecule has 0 aliphatic heterocycles. The number of nitrogens with one attached hydrogen (secondary N) is 1. The minimum absolute atomic E-state index is 0.0808. The third kappa shape index (κ3) is 5.20. The topological polar surface area (TPSA) is 89.5 Å². The maximum atomic E-state index is 12.1. The number of benzene rings is 2. The third-order valence-electron chi connectivity index (χ3n) is 3.36. The van der Waals surface area contributed by atoms with Crippen molar-refractivity contribution in [3.8, 4) is 0 Å². The van der Waals surface area contributed by atoms with Crippen molar-refractivity contribution >= 4 is 50.6 Å². The molecule has 0 aliphatic carbocycles. The van der Waals surface area contributed by atoms with Gasteiger partial charge in [0.25, 0.3) is 5.91 Å². The van der Waals surface area contributed by atoms with Crippen molar-refractivity contribution in [2.45, 2.75) is 17.9 Å². The number of amides is 1. The quantitative estimate of drug-likeness (QED) is 0.753. The molecular weight excluding hydrogens is 401 g/mol. The molecule has 2 aromatic carbocycles.